The normalized spacial score (nSPS) is 14.6. The molecule has 5 rings (SSSR count). The Hall–Kier alpha value is -5.43. The van der Waals surface area contributed by atoms with Gasteiger partial charge in [0, 0.05) is 58.9 Å². The van der Waals surface area contributed by atoms with Gasteiger partial charge >= 0.3 is 5.97 Å². The molecule has 47 heavy (non-hydrogen) atoms. The highest BCUT2D eigenvalue weighted by Gasteiger charge is 2.33. The van der Waals surface area contributed by atoms with Crippen LogP contribution < -0.4 is 21.7 Å². The molecule has 0 saturated carbocycles. The number of fused-ring (bicyclic) bond motifs is 2. The van der Waals surface area contributed by atoms with Gasteiger partial charge in [-0.25, -0.2) is 9.78 Å². The molecule has 9 N–H and O–H groups in total. The van der Waals surface area contributed by atoms with Crippen LogP contribution in [0.25, 0.3) is 21.8 Å². The number of nitrogens with two attached hydrogens (primary N) is 1. The van der Waals surface area contributed by atoms with Crippen LogP contribution in [0.5, 0.6) is 0 Å². The molecule has 0 aliphatic rings. The van der Waals surface area contributed by atoms with Crippen LogP contribution in [0.4, 0.5) is 0 Å². The van der Waals surface area contributed by atoms with Crippen LogP contribution in [0.3, 0.4) is 0 Å². The maximum absolute atomic E-state index is 13.8. The van der Waals surface area contributed by atoms with E-state index in [2.05, 4.69) is 35.9 Å². The number of imidazole rings is 1. The quantitative estimate of drug-likeness (QED) is 0.0855. The van der Waals surface area contributed by atoms with Gasteiger partial charge in [-0.3, -0.25) is 14.4 Å². The summed E-state index contributed by atoms with van der Waals surface area (Å²) in [7, 11) is 0. The predicted molar refractivity (Wildman–Crippen MR) is 177 cm³/mol. The van der Waals surface area contributed by atoms with Crippen molar-refractivity contribution in [3.8, 4) is 0 Å². The Kier molecular flexibility index (Phi) is 10.4. The molecule has 13 heteroatoms. The number of aromatic nitrogens is 4. The van der Waals surface area contributed by atoms with Gasteiger partial charge in [0.1, 0.15) is 18.1 Å². The van der Waals surface area contributed by atoms with Crippen LogP contribution in [-0.2, 0) is 38.4 Å². The molecule has 5 unspecified atom stereocenters. The monoisotopic (exact) mass is 640 g/mol. The number of amides is 3. The minimum Gasteiger partial charge on any atom is -0.480 e. The molecular formula is C34H40N8O5. The largest absolute Gasteiger partial charge is 0.480 e. The zero-order valence-electron chi connectivity index (χ0n) is 26.2. The lowest BCUT2D eigenvalue weighted by atomic mass is 9.96. The molecule has 0 saturated heterocycles. The molecule has 5 atom stereocenters. The van der Waals surface area contributed by atoms with E-state index in [1.165, 1.54) is 12.5 Å². The molecule has 0 radical (unpaired) electrons. The predicted octanol–water partition coefficient (Wildman–Crippen LogP) is 2.31. The molecule has 0 aliphatic carbocycles. The van der Waals surface area contributed by atoms with E-state index in [4.69, 9.17) is 5.73 Å². The number of nitrogens with one attached hydrogen (secondary N) is 6. The molecule has 3 heterocycles. The number of hydrogen-bond acceptors (Lipinski definition) is 6. The zero-order valence-corrected chi connectivity index (χ0v) is 26.2. The smallest absolute Gasteiger partial charge is 0.326 e. The van der Waals surface area contributed by atoms with E-state index in [-0.39, 0.29) is 25.2 Å². The summed E-state index contributed by atoms with van der Waals surface area (Å²) in [6.45, 7) is 3.71. The number of benzene rings is 2. The molecule has 0 fully saturated rings. The third-order valence-corrected chi connectivity index (χ3v) is 8.57. The summed E-state index contributed by atoms with van der Waals surface area (Å²) >= 11 is 0. The number of rotatable bonds is 15. The van der Waals surface area contributed by atoms with Gasteiger partial charge in [0.05, 0.1) is 12.4 Å². The SMILES string of the molecule is CCC(C)C(NC(=O)C(N)Cc1c[nH]c2ccccc12)C(=O)NC(Cc1cnc[nH]1)C(=O)NC(Cc1c[nH]c2ccccc12)C(=O)O. The number of nitrogens with zero attached hydrogens (tertiary/aromatic N) is 1. The summed E-state index contributed by atoms with van der Waals surface area (Å²) in [4.78, 5) is 66.2. The van der Waals surface area contributed by atoms with Crippen LogP contribution >= 0.6 is 0 Å². The Bertz CT molecular complexity index is 1850. The summed E-state index contributed by atoms with van der Waals surface area (Å²) in [5.74, 6) is -3.30. The fourth-order valence-electron chi connectivity index (χ4n) is 5.67. The number of aromatic amines is 3. The highest BCUT2D eigenvalue weighted by atomic mass is 16.4. The van der Waals surface area contributed by atoms with Crippen molar-refractivity contribution >= 4 is 45.5 Å². The molecule has 13 nitrogen and oxygen atoms in total. The highest BCUT2D eigenvalue weighted by molar-refractivity contribution is 5.95. The van der Waals surface area contributed by atoms with Crippen molar-refractivity contribution in [2.45, 2.75) is 63.7 Å². The second-order valence-electron chi connectivity index (χ2n) is 11.8. The average Bonchev–Trinajstić information content (AvgIpc) is 3.83. The van der Waals surface area contributed by atoms with Gasteiger partial charge < -0.3 is 41.7 Å². The van der Waals surface area contributed by atoms with E-state index >= 15 is 0 Å². The van der Waals surface area contributed by atoms with E-state index in [1.807, 2.05) is 68.6 Å². The third kappa shape index (κ3) is 7.87. The maximum Gasteiger partial charge on any atom is 0.326 e. The van der Waals surface area contributed by atoms with Crippen LogP contribution in [0.15, 0.2) is 73.4 Å². The fraction of sp³-hybridized carbons (Fsp3) is 0.324. The summed E-state index contributed by atoms with van der Waals surface area (Å²) in [6.07, 6.45) is 7.35. The minimum absolute atomic E-state index is 0.0122. The number of carbonyl (C=O) groups excluding carboxylic acids is 3. The fourth-order valence-corrected chi connectivity index (χ4v) is 5.67. The first-order valence-electron chi connectivity index (χ1n) is 15.6. The van der Waals surface area contributed by atoms with Crippen LogP contribution in [-0.4, -0.2) is 72.9 Å². The van der Waals surface area contributed by atoms with E-state index in [0.29, 0.717) is 12.1 Å². The van der Waals surface area contributed by atoms with Gasteiger partial charge in [0.25, 0.3) is 0 Å². The second kappa shape index (κ2) is 14.8. The first-order valence-corrected chi connectivity index (χ1v) is 15.6. The molecular weight excluding hydrogens is 600 g/mol. The van der Waals surface area contributed by atoms with Crippen molar-refractivity contribution in [3.05, 3.63) is 90.3 Å². The van der Waals surface area contributed by atoms with E-state index in [9.17, 15) is 24.3 Å². The van der Waals surface area contributed by atoms with Crippen molar-refractivity contribution in [2.75, 3.05) is 0 Å². The van der Waals surface area contributed by atoms with E-state index in [0.717, 1.165) is 32.9 Å². The number of carbonyl (C=O) groups is 4. The standard InChI is InChI=1S/C34H40N8O5/c1-3-19(2)30(42-31(43)25(35)12-20-15-37-26-10-6-4-8-23(20)26)33(45)40-28(14-22-17-36-18-39-22)32(44)41-29(34(46)47)13-21-16-38-27-11-7-5-9-24(21)27/h4-11,15-19,25,28-30,37-38H,3,12-14,35H2,1-2H3,(H,36,39)(H,40,45)(H,41,44)(H,42,43)(H,46,47). The molecule has 5 aromatic rings. The molecule has 0 aliphatic heterocycles. The van der Waals surface area contributed by atoms with Gasteiger partial charge in [0.2, 0.25) is 17.7 Å². The van der Waals surface area contributed by atoms with Gasteiger partial charge in [-0.15, -0.1) is 0 Å². The topological polar surface area (TPSA) is 211 Å². The number of carboxylic acid groups (broad SMARTS) is 1. The Balaban J connectivity index is 1.30. The number of carboxylic acids is 1. The summed E-state index contributed by atoms with van der Waals surface area (Å²) in [5, 5.41) is 20.0. The van der Waals surface area contributed by atoms with Gasteiger partial charge in [-0.1, -0.05) is 56.7 Å². The molecule has 0 spiro atoms. The first-order chi connectivity index (χ1) is 22.6. The Morgan fingerprint density at radius 3 is 1.96 bits per heavy atom. The van der Waals surface area contributed by atoms with Crippen molar-refractivity contribution in [1.29, 1.82) is 0 Å². The summed E-state index contributed by atoms with van der Waals surface area (Å²) in [5.41, 5.74) is 10.3. The van der Waals surface area contributed by atoms with Crippen molar-refractivity contribution in [1.82, 2.24) is 35.9 Å². The number of aliphatic carboxylic acids is 1. The molecule has 246 valence electrons. The highest BCUT2D eigenvalue weighted by Crippen LogP contribution is 2.20. The van der Waals surface area contributed by atoms with Crippen LogP contribution in [0, 0.1) is 5.92 Å². The van der Waals surface area contributed by atoms with Crippen LogP contribution in [0.2, 0.25) is 0 Å². The Morgan fingerprint density at radius 1 is 0.787 bits per heavy atom. The number of hydrogen-bond donors (Lipinski definition) is 8. The molecule has 3 aromatic heterocycles. The van der Waals surface area contributed by atoms with Crippen molar-refractivity contribution in [2.24, 2.45) is 11.7 Å². The molecule has 2 aromatic carbocycles. The molecule has 3 amide bonds. The zero-order chi connectivity index (χ0) is 33.5. The Morgan fingerprint density at radius 2 is 1.38 bits per heavy atom. The number of para-hydroxylation sites is 2. The Labute approximate surface area is 271 Å². The lowest BCUT2D eigenvalue weighted by Gasteiger charge is -2.28. The van der Waals surface area contributed by atoms with Gasteiger partial charge in [0.15, 0.2) is 0 Å². The third-order valence-electron chi connectivity index (χ3n) is 8.57. The van der Waals surface area contributed by atoms with E-state index < -0.39 is 47.9 Å². The van der Waals surface area contributed by atoms with Gasteiger partial charge in [-0.05, 0) is 35.6 Å². The minimum atomic E-state index is -1.27. The summed E-state index contributed by atoms with van der Waals surface area (Å²) in [6, 6.07) is 10.8. The van der Waals surface area contributed by atoms with Crippen molar-refractivity contribution < 1.29 is 24.3 Å². The summed E-state index contributed by atoms with van der Waals surface area (Å²) < 4.78 is 0. The maximum atomic E-state index is 13.8. The lowest BCUT2D eigenvalue weighted by molar-refractivity contribution is -0.142. The van der Waals surface area contributed by atoms with Crippen molar-refractivity contribution in [3.63, 3.8) is 0 Å². The number of H-pyrrole nitrogens is 3. The second-order valence-corrected chi connectivity index (χ2v) is 11.8. The lowest BCUT2D eigenvalue weighted by Crippen LogP contribution is -2.59. The average molecular weight is 641 g/mol. The molecule has 0 bridgehead atoms. The van der Waals surface area contributed by atoms with Crippen LogP contribution in [0.1, 0.15) is 37.1 Å². The first kappa shape index (κ1) is 32.9. The van der Waals surface area contributed by atoms with Gasteiger partial charge in [-0.2, -0.15) is 0 Å². The van der Waals surface area contributed by atoms with E-state index in [1.54, 1.807) is 6.20 Å².